The van der Waals surface area contributed by atoms with Crippen LogP contribution in [-0.4, -0.2) is 44.1 Å². The molecule has 1 saturated heterocycles. The Labute approximate surface area is 165 Å². The number of nitrogens with zero attached hydrogens (tertiary/aromatic N) is 2. The van der Waals surface area contributed by atoms with Crippen molar-refractivity contribution in [2.45, 2.75) is 32.2 Å². The van der Waals surface area contributed by atoms with Gasteiger partial charge in [-0.1, -0.05) is 19.1 Å². The van der Waals surface area contributed by atoms with E-state index in [1.165, 1.54) is 35.7 Å². The molecule has 1 aliphatic heterocycles. The Bertz CT molecular complexity index is 643. The average molecular weight is 391 g/mol. The smallest absolute Gasteiger partial charge is 0.191 e. The van der Waals surface area contributed by atoms with E-state index in [2.05, 4.69) is 62.5 Å². The summed E-state index contributed by atoms with van der Waals surface area (Å²) in [6.45, 7) is 7.70. The predicted molar refractivity (Wildman–Crippen MR) is 114 cm³/mol. The van der Waals surface area contributed by atoms with Crippen molar-refractivity contribution < 1.29 is 0 Å². The van der Waals surface area contributed by atoms with Crippen LogP contribution in [0.3, 0.4) is 0 Å². The molecule has 3 rings (SSSR count). The zero-order valence-corrected chi connectivity index (χ0v) is 17.4. The minimum atomic E-state index is 0.508. The van der Waals surface area contributed by atoms with E-state index in [1.54, 1.807) is 0 Å². The van der Waals surface area contributed by atoms with Crippen LogP contribution in [0.4, 0.5) is 0 Å². The van der Waals surface area contributed by atoms with Crippen LogP contribution in [-0.2, 0) is 6.54 Å². The number of guanidine groups is 1. The van der Waals surface area contributed by atoms with Gasteiger partial charge in [0.15, 0.2) is 5.96 Å². The molecule has 2 N–H and O–H groups in total. The van der Waals surface area contributed by atoms with Crippen LogP contribution in [0.1, 0.15) is 35.4 Å². The summed E-state index contributed by atoms with van der Waals surface area (Å²) in [6, 6.07) is 8.71. The Kier molecular flexibility index (Phi) is 7.53. The lowest BCUT2D eigenvalue weighted by molar-refractivity contribution is 0.179. The maximum atomic E-state index is 4.38. The Hall–Kier alpha value is -1.37. The Morgan fingerprint density at radius 3 is 2.62 bits per heavy atom. The van der Waals surface area contributed by atoms with Crippen molar-refractivity contribution in [1.29, 1.82) is 0 Å². The maximum Gasteiger partial charge on any atom is 0.191 e. The monoisotopic (exact) mass is 390 g/mol. The summed E-state index contributed by atoms with van der Waals surface area (Å²) < 4.78 is 0. The molecule has 1 atom stereocenters. The fraction of sp³-hybridized carbons (Fsp3) is 0.550. The largest absolute Gasteiger partial charge is 0.356 e. The SMILES string of the molecule is CN=C(NCC1CCN(Cc2cccs2)CC1)NCC(C)c1cccs1. The molecule has 6 heteroatoms. The van der Waals surface area contributed by atoms with Gasteiger partial charge in [-0.3, -0.25) is 9.89 Å². The lowest BCUT2D eigenvalue weighted by atomic mass is 9.97. The molecular formula is C20H30N4S2. The Morgan fingerprint density at radius 1 is 1.19 bits per heavy atom. The van der Waals surface area contributed by atoms with Gasteiger partial charge in [-0.15, -0.1) is 22.7 Å². The van der Waals surface area contributed by atoms with Gasteiger partial charge < -0.3 is 10.6 Å². The van der Waals surface area contributed by atoms with Crippen LogP contribution in [0.2, 0.25) is 0 Å². The van der Waals surface area contributed by atoms with E-state index in [-0.39, 0.29) is 0 Å². The van der Waals surface area contributed by atoms with Crippen molar-refractivity contribution in [3.05, 3.63) is 44.8 Å². The van der Waals surface area contributed by atoms with E-state index in [9.17, 15) is 0 Å². The summed E-state index contributed by atoms with van der Waals surface area (Å²) in [5.74, 6) is 2.17. The molecule has 0 saturated carbocycles. The Balaban J connectivity index is 1.34. The van der Waals surface area contributed by atoms with E-state index >= 15 is 0 Å². The highest BCUT2D eigenvalue weighted by Crippen LogP contribution is 2.21. The summed E-state index contributed by atoms with van der Waals surface area (Å²) in [4.78, 5) is 9.86. The van der Waals surface area contributed by atoms with Crippen molar-refractivity contribution in [2.75, 3.05) is 33.2 Å². The summed E-state index contributed by atoms with van der Waals surface area (Å²) in [5.41, 5.74) is 0. The van der Waals surface area contributed by atoms with E-state index in [4.69, 9.17) is 0 Å². The molecule has 2 aromatic rings. The highest BCUT2D eigenvalue weighted by Gasteiger charge is 2.19. The molecule has 1 fully saturated rings. The molecule has 1 aliphatic rings. The van der Waals surface area contributed by atoms with Crippen LogP contribution in [0.25, 0.3) is 0 Å². The number of piperidine rings is 1. The van der Waals surface area contributed by atoms with E-state index < -0.39 is 0 Å². The number of likely N-dealkylation sites (tertiary alicyclic amines) is 1. The van der Waals surface area contributed by atoms with Gasteiger partial charge >= 0.3 is 0 Å². The lowest BCUT2D eigenvalue weighted by Gasteiger charge is -2.32. The maximum absolute atomic E-state index is 4.38. The number of rotatable bonds is 7. The molecule has 3 heterocycles. The van der Waals surface area contributed by atoms with Gasteiger partial charge in [0.25, 0.3) is 0 Å². The summed E-state index contributed by atoms with van der Waals surface area (Å²) in [7, 11) is 1.86. The third kappa shape index (κ3) is 5.83. The van der Waals surface area contributed by atoms with Gasteiger partial charge in [0.2, 0.25) is 0 Å². The van der Waals surface area contributed by atoms with Gasteiger partial charge in [-0.25, -0.2) is 0 Å². The first kappa shape index (κ1) is 19.4. The van der Waals surface area contributed by atoms with Gasteiger partial charge in [-0.2, -0.15) is 0 Å². The molecule has 1 unspecified atom stereocenters. The van der Waals surface area contributed by atoms with Crippen molar-refractivity contribution >= 4 is 28.6 Å². The minimum absolute atomic E-state index is 0.508. The van der Waals surface area contributed by atoms with Gasteiger partial charge in [0.05, 0.1) is 0 Å². The number of aliphatic imine (C=N–C) groups is 1. The van der Waals surface area contributed by atoms with E-state index in [1.807, 2.05) is 29.7 Å². The second kappa shape index (κ2) is 10.1. The predicted octanol–water partition coefficient (Wildman–Crippen LogP) is 3.99. The van der Waals surface area contributed by atoms with Gasteiger partial charge in [0.1, 0.15) is 0 Å². The fourth-order valence-corrected chi connectivity index (χ4v) is 4.89. The molecule has 0 spiro atoms. The Morgan fingerprint density at radius 2 is 1.96 bits per heavy atom. The second-order valence-corrected chi connectivity index (χ2v) is 9.06. The third-order valence-corrected chi connectivity index (χ3v) is 7.02. The zero-order chi connectivity index (χ0) is 18.2. The molecule has 4 nitrogen and oxygen atoms in total. The van der Waals surface area contributed by atoms with Crippen LogP contribution < -0.4 is 10.6 Å². The first-order valence-corrected chi connectivity index (χ1v) is 11.2. The van der Waals surface area contributed by atoms with Crippen LogP contribution in [0.5, 0.6) is 0 Å². The number of hydrogen-bond donors (Lipinski definition) is 2. The second-order valence-electron chi connectivity index (χ2n) is 7.05. The van der Waals surface area contributed by atoms with Crippen molar-refractivity contribution in [1.82, 2.24) is 15.5 Å². The molecule has 26 heavy (non-hydrogen) atoms. The number of thiophene rings is 2. The van der Waals surface area contributed by atoms with Crippen LogP contribution >= 0.6 is 22.7 Å². The molecule has 142 valence electrons. The first-order chi connectivity index (χ1) is 12.7. The van der Waals surface area contributed by atoms with E-state index in [0.29, 0.717) is 5.92 Å². The molecule has 0 aromatic carbocycles. The van der Waals surface area contributed by atoms with Crippen molar-refractivity contribution in [2.24, 2.45) is 10.9 Å². The molecule has 0 radical (unpaired) electrons. The van der Waals surface area contributed by atoms with Crippen LogP contribution in [0, 0.1) is 5.92 Å². The number of hydrogen-bond acceptors (Lipinski definition) is 4. The summed E-state index contributed by atoms with van der Waals surface area (Å²) in [5, 5.41) is 11.3. The zero-order valence-electron chi connectivity index (χ0n) is 15.8. The standard InChI is InChI=1S/C20H30N4S2/c1-16(19-6-4-12-26-19)13-22-20(21-2)23-14-17-7-9-24(10-8-17)15-18-5-3-11-25-18/h3-6,11-12,16-17H,7-10,13-15H2,1-2H3,(H2,21,22,23). The highest BCUT2D eigenvalue weighted by atomic mass is 32.1. The number of nitrogens with one attached hydrogen (secondary N) is 2. The first-order valence-electron chi connectivity index (χ1n) is 9.47. The molecule has 2 aromatic heterocycles. The molecule has 0 bridgehead atoms. The van der Waals surface area contributed by atoms with Gasteiger partial charge in [-0.05, 0) is 54.7 Å². The fourth-order valence-electron chi connectivity index (χ4n) is 3.36. The summed E-state index contributed by atoms with van der Waals surface area (Å²) >= 11 is 3.69. The average Bonchev–Trinajstić information content (AvgIpc) is 3.37. The van der Waals surface area contributed by atoms with Gasteiger partial charge in [0, 0.05) is 42.4 Å². The quantitative estimate of drug-likeness (QED) is 0.555. The van der Waals surface area contributed by atoms with Crippen molar-refractivity contribution in [3.63, 3.8) is 0 Å². The van der Waals surface area contributed by atoms with Crippen LogP contribution in [0.15, 0.2) is 40.0 Å². The highest BCUT2D eigenvalue weighted by molar-refractivity contribution is 7.10. The summed E-state index contributed by atoms with van der Waals surface area (Å²) in [6.07, 6.45) is 2.53. The topological polar surface area (TPSA) is 39.7 Å². The van der Waals surface area contributed by atoms with Crippen molar-refractivity contribution in [3.8, 4) is 0 Å². The van der Waals surface area contributed by atoms with E-state index in [0.717, 1.165) is 31.5 Å². The molecule has 0 amide bonds. The lowest BCUT2D eigenvalue weighted by Crippen LogP contribution is -2.43. The molecular weight excluding hydrogens is 360 g/mol. The normalized spacial score (nSPS) is 18.0. The minimum Gasteiger partial charge on any atom is -0.356 e. The molecule has 0 aliphatic carbocycles. The third-order valence-electron chi connectivity index (χ3n) is 5.05.